The van der Waals surface area contributed by atoms with Crippen LogP contribution in [0.25, 0.3) is 0 Å². The Labute approximate surface area is 123 Å². The van der Waals surface area contributed by atoms with Crippen LogP contribution < -0.4 is 5.32 Å². The molecule has 0 saturated heterocycles. The van der Waals surface area contributed by atoms with Crippen LogP contribution in [0.15, 0.2) is 48.5 Å². The van der Waals surface area contributed by atoms with Crippen LogP contribution in [-0.2, 0) is 17.6 Å². The summed E-state index contributed by atoms with van der Waals surface area (Å²) in [6.45, 7) is 0.583. The van der Waals surface area contributed by atoms with Crippen molar-refractivity contribution in [1.29, 1.82) is 0 Å². The highest BCUT2D eigenvalue weighted by Gasteiger charge is 2.03. The van der Waals surface area contributed by atoms with Gasteiger partial charge in [0.1, 0.15) is 5.75 Å². The fourth-order valence-electron chi connectivity index (χ4n) is 1.91. The molecule has 0 spiro atoms. The quantitative estimate of drug-likeness (QED) is 0.889. The van der Waals surface area contributed by atoms with E-state index in [4.69, 9.17) is 11.6 Å². The van der Waals surface area contributed by atoms with Gasteiger partial charge in [0.15, 0.2) is 0 Å². The van der Waals surface area contributed by atoms with E-state index in [1.54, 1.807) is 18.2 Å². The van der Waals surface area contributed by atoms with Gasteiger partial charge in [-0.2, -0.15) is 0 Å². The van der Waals surface area contributed by atoms with Gasteiger partial charge in [-0.05, 0) is 41.8 Å². The predicted octanol–water partition coefficient (Wildman–Crippen LogP) is 2.95. The Hall–Kier alpha value is -2.00. The lowest BCUT2D eigenvalue weighted by molar-refractivity contribution is -0.120. The van der Waals surface area contributed by atoms with Crippen LogP contribution in [0, 0.1) is 0 Å². The number of amides is 1. The minimum absolute atomic E-state index is 0.0513. The van der Waals surface area contributed by atoms with E-state index in [-0.39, 0.29) is 18.1 Å². The second kappa shape index (κ2) is 6.96. The standard InChI is InChI=1S/C16H16ClNO2/c17-14-6-4-12(5-7-14)8-9-18-16(20)11-13-2-1-3-15(19)10-13/h1-7,10,19H,8-9,11H2,(H,18,20). The molecule has 0 aliphatic rings. The second-order valence-electron chi connectivity index (χ2n) is 4.57. The van der Waals surface area contributed by atoms with Crippen molar-refractivity contribution in [2.75, 3.05) is 6.54 Å². The summed E-state index contributed by atoms with van der Waals surface area (Å²) in [6, 6.07) is 14.3. The van der Waals surface area contributed by atoms with Crippen molar-refractivity contribution in [3.05, 3.63) is 64.7 Å². The van der Waals surface area contributed by atoms with Crippen molar-refractivity contribution in [1.82, 2.24) is 5.32 Å². The van der Waals surface area contributed by atoms with Crippen molar-refractivity contribution in [3.8, 4) is 5.75 Å². The molecule has 0 atom stereocenters. The molecular formula is C16H16ClNO2. The minimum atomic E-state index is -0.0513. The average molecular weight is 290 g/mol. The summed E-state index contributed by atoms with van der Waals surface area (Å²) in [6.07, 6.45) is 1.04. The van der Waals surface area contributed by atoms with Gasteiger partial charge in [0, 0.05) is 11.6 Å². The van der Waals surface area contributed by atoms with Gasteiger partial charge >= 0.3 is 0 Å². The highest BCUT2D eigenvalue weighted by atomic mass is 35.5. The highest BCUT2D eigenvalue weighted by molar-refractivity contribution is 6.30. The molecule has 0 radical (unpaired) electrons. The number of phenols is 1. The first kappa shape index (κ1) is 14.4. The molecular weight excluding hydrogens is 274 g/mol. The first-order valence-electron chi connectivity index (χ1n) is 6.42. The summed E-state index contributed by atoms with van der Waals surface area (Å²) in [5.41, 5.74) is 1.93. The van der Waals surface area contributed by atoms with Crippen molar-refractivity contribution in [2.45, 2.75) is 12.8 Å². The zero-order chi connectivity index (χ0) is 14.4. The van der Waals surface area contributed by atoms with E-state index in [9.17, 15) is 9.90 Å². The van der Waals surface area contributed by atoms with Crippen LogP contribution in [0.5, 0.6) is 5.75 Å². The van der Waals surface area contributed by atoms with Gasteiger partial charge in [-0.15, -0.1) is 0 Å². The molecule has 104 valence electrons. The van der Waals surface area contributed by atoms with Gasteiger partial charge < -0.3 is 10.4 Å². The van der Waals surface area contributed by atoms with Crippen LogP contribution >= 0.6 is 11.6 Å². The number of nitrogens with one attached hydrogen (secondary N) is 1. The lowest BCUT2D eigenvalue weighted by Gasteiger charge is -2.06. The molecule has 0 fully saturated rings. The molecule has 4 heteroatoms. The number of rotatable bonds is 5. The van der Waals surface area contributed by atoms with Crippen LogP contribution in [0.4, 0.5) is 0 Å². The molecule has 1 amide bonds. The molecule has 0 aromatic heterocycles. The molecule has 2 rings (SSSR count). The summed E-state index contributed by atoms with van der Waals surface area (Å²) in [5, 5.41) is 12.9. The van der Waals surface area contributed by atoms with Crippen molar-refractivity contribution >= 4 is 17.5 Å². The molecule has 0 saturated carbocycles. The normalized spacial score (nSPS) is 10.2. The Morgan fingerprint density at radius 2 is 1.85 bits per heavy atom. The maximum Gasteiger partial charge on any atom is 0.224 e. The van der Waals surface area contributed by atoms with Crippen LogP contribution in [0.3, 0.4) is 0 Å². The number of phenolic OH excluding ortho intramolecular Hbond substituents is 1. The van der Waals surface area contributed by atoms with Gasteiger partial charge in [0.05, 0.1) is 6.42 Å². The number of benzene rings is 2. The summed E-state index contributed by atoms with van der Waals surface area (Å²) in [7, 11) is 0. The van der Waals surface area contributed by atoms with Crippen molar-refractivity contribution < 1.29 is 9.90 Å². The highest BCUT2D eigenvalue weighted by Crippen LogP contribution is 2.11. The SMILES string of the molecule is O=C(Cc1cccc(O)c1)NCCc1ccc(Cl)cc1. The molecule has 2 aromatic rings. The predicted molar refractivity (Wildman–Crippen MR) is 80.0 cm³/mol. The Balaban J connectivity index is 1.76. The third-order valence-corrected chi connectivity index (χ3v) is 3.18. The van der Waals surface area contributed by atoms with Gasteiger partial charge in [-0.25, -0.2) is 0 Å². The summed E-state index contributed by atoms with van der Waals surface area (Å²) >= 11 is 5.81. The van der Waals surface area contributed by atoms with E-state index in [2.05, 4.69) is 5.32 Å². The van der Waals surface area contributed by atoms with E-state index in [1.165, 1.54) is 0 Å². The maximum atomic E-state index is 11.8. The summed E-state index contributed by atoms with van der Waals surface area (Å²) in [4.78, 5) is 11.8. The Bertz CT molecular complexity index is 581. The molecule has 0 bridgehead atoms. The molecule has 0 aliphatic heterocycles. The summed E-state index contributed by atoms with van der Waals surface area (Å²) < 4.78 is 0. The van der Waals surface area contributed by atoms with E-state index < -0.39 is 0 Å². The third-order valence-electron chi connectivity index (χ3n) is 2.92. The van der Waals surface area contributed by atoms with E-state index >= 15 is 0 Å². The molecule has 0 heterocycles. The minimum Gasteiger partial charge on any atom is -0.508 e. The van der Waals surface area contributed by atoms with Crippen LogP contribution in [-0.4, -0.2) is 17.6 Å². The smallest absolute Gasteiger partial charge is 0.224 e. The molecule has 0 unspecified atom stereocenters. The summed E-state index contributed by atoms with van der Waals surface area (Å²) in [5.74, 6) is 0.126. The molecule has 0 aliphatic carbocycles. The fraction of sp³-hybridized carbons (Fsp3) is 0.188. The maximum absolute atomic E-state index is 11.8. The monoisotopic (exact) mass is 289 g/mol. The topological polar surface area (TPSA) is 49.3 Å². The fourth-order valence-corrected chi connectivity index (χ4v) is 2.04. The Morgan fingerprint density at radius 1 is 1.10 bits per heavy atom. The molecule has 3 nitrogen and oxygen atoms in total. The molecule has 20 heavy (non-hydrogen) atoms. The Morgan fingerprint density at radius 3 is 2.55 bits per heavy atom. The zero-order valence-electron chi connectivity index (χ0n) is 11.0. The zero-order valence-corrected chi connectivity index (χ0v) is 11.7. The average Bonchev–Trinajstić information content (AvgIpc) is 2.41. The van der Waals surface area contributed by atoms with Crippen molar-refractivity contribution in [3.63, 3.8) is 0 Å². The third kappa shape index (κ3) is 4.59. The van der Waals surface area contributed by atoms with E-state index in [0.29, 0.717) is 11.6 Å². The number of carbonyl (C=O) groups is 1. The van der Waals surface area contributed by atoms with E-state index in [0.717, 1.165) is 17.5 Å². The lowest BCUT2D eigenvalue weighted by atomic mass is 10.1. The number of carbonyl (C=O) groups excluding carboxylic acids is 1. The van der Waals surface area contributed by atoms with E-state index in [1.807, 2.05) is 30.3 Å². The van der Waals surface area contributed by atoms with Gasteiger partial charge in [-0.1, -0.05) is 35.9 Å². The van der Waals surface area contributed by atoms with Gasteiger partial charge in [-0.3, -0.25) is 4.79 Å². The van der Waals surface area contributed by atoms with Crippen molar-refractivity contribution in [2.24, 2.45) is 0 Å². The Kier molecular flexibility index (Phi) is 5.02. The van der Waals surface area contributed by atoms with Crippen LogP contribution in [0.1, 0.15) is 11.1 Å². The molecule has 2 aromatic carbocycles. The number of hydrogen-bond donors (Lipinski definition) is 2. The number of hydrogen-bond acceptors (Lipinski definition) is 2. The largest absolute Gasteiger partial charge is 0.508 e. The first-order chi connectivity index (χ1) is 9.63. The second-order valence-corrected chi connectivity index (χ2v) is 5.01. The first-order valence-corrected chi connectivity index (χ1v) is 6.80. The molecule has 2 N–H and O–H groups in total. The number of halogens is 1. The number of aromatic hydroxyl groups is 1. The van der Waals surface area contributed by atoms with Gasteiger partial charge in [0.25, 0.3) is 0 Å². The lowest BCUT2D eigenvalue weighted by Crippen LogP contribution is -2.27. The van der Waals surface area contributed by atoms with Gasteiger partial charge in [0.2, 0.25) is 5.91 Å². The van der Waals surface area contributed by atoms with Crippen LogP contribution in [0.2, 0.25) is 5.02 Å².